The van der Waals surface area contributed by atoms with Crippen LogP contribution in [0.1, 0.15) is 6.92 Å². The molecule has 2 aromatic rings. The number of hydrogen-bond donors (Lipinski definition) is 0. The molecule has 0 atom stereocenters. The predicted molar refractivity (Wildman–Crippen MR) is 104 cm³/mol. The number of anilines is 1. The minimum atomic E-state index is 0.214. The Morgan fingerprint density at radius 1 is 1.00 bits per heavy atom. The number of amides is 1. The van der Waals surface area contributed by atoms with Crippen molar-refractivity contribution >= 4 is 23.4 Å². The lowest BCUT2D eigenvalue weighted by atomic mass is 10.2. The van der Waals surface area contributed by atoms with Gasteiger partial charge in [-0.15, -0.1) is 11.8 Å². The molecule has 5 heteroatoms. The highest BCUT2D eigenvalue weighted by Gasteiger charge is 2.21. The average molecular weight is 356 g/mol. The monoisotopic (exact) mass is 356 g/mol. The molecule has 3 rings (SSSR count). The van der Waals surface area contributed by atoms with Crippen LogP contribution in [0.15, 0.2) is 59.5 Å². The summed E-state index contributed by atoms with van der Waals surface area (Å²) in [5.74, 6) is 1.57. The van der Waals surface area contributed by atoms with E-state index in [0.717, 1.165) is 36.8 Å². The highest BCUT2D eigenvalue weighted by molar-refractivity contribution is 8.00. The van der Waals surface area contributed by atoms with Gasteiger partial charge in [0.05, 0.1) is 12.4 Å². The number of carbonyl (C=O) groups excluding carboxylic acids is 1. The van der Waals surface area contributed by atoms with Crippen molar-refractivity contribution in [1.82, 2.24) is 4.90 Å². The fourth-order valence-corrected chi connectivity index (χ4v) is 3.69. The van der Waals surface area contributed by atoms with Crippen LogP contribution in [0, 0.1) is 0 Å². The van der Waals surface area contributed by atoms with Crippen LogP contribution in [0.3, 0.4) is 0 Å². The third-order valence-electron chi connectivity index (χ3n) is 4.25. The Bertz CT molecular complexity index is 668. The number of hydrogen-bond acceptors (Lipinski definition) is 4. The Kier molecular flexibility index (Phi) is 6.23. The fourth-order valence-electron chi connectivity index (χ4n) is 2.89. The second kappa shape index (κ2) is 8.81. The van der Waals surface area contributed by atoms with Gasteiger partial charge in [-0.2, -0.15) is 0 Å². The van der Waals surface area contributed by atoms with Gasteiger partial charge < -0.3 is 14.5 Å². The molecule has 4 nitrogen and oxygen atoms in total. The number of nitrogens with zero attached hydrogens (tertiary/aromatic N) is 2. The number of carbonyl (C=O) groups is 1. The zero-order valence-electron chi connectivity index (χ0n) is 14.6. The van der Waals surface area contributed by atoms with E-state index in [-0.39, 0.29) is 5.91 Å². The molecule has 1 amide bonds. The summed E-state index contributed by atoms with van der Waals surface area (Å²) in [4.78, 5) is 17.9. The van der Waals surface area contributed by atoms with E-state index < -0.39 is 0 Å². The molecule has 0 bridgehead atoms. The zero-order chi connectivity index (χ0) is 17.5. The van der Waals surface area contributed by atoms with Crippen LogP contribution in [0.5, 0.6) is 5.75 Å². The second-order valence-electron chi connectivity index (χ2n) is 5.90. The number of ether oxygens (including phenoxy) is 1. The van der Waals surface area contributed by atoms with Gasteiger partial charge in [-0.25, -0.2) is 0 Å². The molecule has 1 fully saturated rings. The van der Waals surface area contributed by atoms with E-state index in [4.69, 9.17) is 4.74 Å². The molecule has 0 N–H and O–H groups in total. The van der Waals surface area contributed by atoms with Gasteiger partial charge in [0.1, 0.15) is 5.75 Å². The molecule has 0 aromatic heterocycles. The number of piperazine rings is 1. The SMILES string of the molecule is CCOc1ccc(SCC(=O)N2CCN(c3ccccc3)CC2)cc1. The lowest BCUT2D eigenvalue weighted by molar-refractivity contribution is -0.128. The minimum absolute atomic E-state index is 0.214. The summed E-state index contributed by atoms with van der Waals surface area (Å²) in [5, 5.41) is 0. The minimum Gasteiger partial charge on any atom is -0.494 e. The van der Waals surface area contributed by atoms with Crippen molar-refractivity contribution in [2.75, 3.05) is 43.4 Å². The first-order valence-electron chi connectivity index (χ1n) is 8.69. The summed E-state index contributed by atoms with van der Waals surface area (Å²) in [5.41, 5.74) is 1.23. The zero-order valence-corrected chi connectivity index (χ0v) is 15.4. The van der Waals surface area contributed by atoms with Crippen molar-refractivity contribution in [1.29, 1.82) is 0 Å². The number of rotatable bonds is 6. The molecule has 0 radical (unpaired) electrons. The number of benzene rings is 2. The molecule has 1 heterocycles. The predicted octanol–water partition coefficient (Wildman–Crippen LogP) is 3.53. The Morgan fingerprint density at radius 3 is 2.32 bits per heavy atom. The molecule has 0 unspecified atom stereocenters. The molecule has 1 aliphatic rings. The van der Waals surface area contributed by atoms with E-state index in [9.17, 15) is 4.79 Å². The van der Waals surface area contributed by atoms with Crippen LogP contribution in [0.25, 0.3) is 0 Å². The van der Waals surface area contributed by atoms with Crippen LogP contribution < -0.4 is 9.64 Å². The Hall–Kier alpha value is -2.14. The van der Waals surface area contributed by atoms with Crippen molar-refractivity contribution in [2.45, 2.75) is 11.8 Å². The first-order chi connectivity index (χ1) is 12.3. The summed E-state index contributed by atoms with van der Waals surface area (Å²) in [7, 11) is 0. The van der Waals surface area contributed by atoms with Crippen LogP contribution in [-0.4, -0.2) is 49.3 Å². The van der Waals surface area contributed by atoms with E-state index in [2.05, 4.69) is 29.2 Å². The first-order valence-corrected chi connectivity index (χ1v) is 9.68. The largest absolute Gasteiger partial charge is 0.494 e. The van der Waals surface area contributed by atoms with E-state index in [1.54, 1.807) is 11.8 Å². The summed E-state index contributed by atoms with van der Waals surface area (Å²) in [6.45, 7) is 6.00. The molecule has 2 aromatic carbocycles. The molecule has 25 heavy (non-hydrogen) atoms. The lowest BCUT2D eigenvalue weighted by Gasteiger charge is -2.36. The highest BCUT2D eigenvalue weighted by Crippen LogP contribution is 2.22. The van der Waals surface area contributed by atoms with E-state index in [0.29, 0.717) is 12.4 Å². The quantitative estimate of drug-likeness (QED) is 0.742. The fraction of sp³-hybridized carbons (Fsp3) is 0.350. The molecule has 0 spiro atoms. The maximum absolute atomic E-state index is 12.4. The van der Waals surface area contributed by atoms with Gasteiger partial charge in [0, 0.05) is 36.8 Å². The Morgan fingerprint density at radius 2 is 1.68 bits per heavy atom. The lowest BCUT2D eigenvalue weighted by Crippen LogP contribution is -2.49. The normalized spacial score (nSPS) is 14.4. The van der Waals surface area contributed by atoms with Gasteiger partial charge in [0.15, 0.2) is 0 Å². The smallest absolute Gasteiger partial charge is 0.233 e. The van der Waals surface area contributed by atoms with Crippen molar-refractivity contribution in [3.63, 3.8) is 0 Å². The van der Waals surface area contributed by atoms with Crippen LogP contribution in [0.2, 0.25) is 0 Å². The van der Waals surface area contributed by atoms with Gasteiger partial charge >= 0.3 is 0 Å². The van der Waals surface area contributed by atoms with Gasteiger partial charge in [-0.3, -0.25) is 4.79 Å². The molecular formula is C20H24N2O2S. The number of para-hydroxylation sites is 1. The summed E-state index contributed by atoms with van der Waals surface area (Å²) in [6.07, 6.45) is 0. The average Bonchev–Trinajstić information content (AvgIpc) is 2.68. The molecule has 132 valence electrons. The van der Waals surface area contributed by atoms with Gasteiger partial charge in [0.2, 0.25) is 5.91 Å². The number of thioether (sulfide) groups is 1. The summed E-state index contributed by atoms with van der Waals surface area (Å²) < 4.78 is 5.44. The molecule has 0 saturated carbocycles. The van der Waals surface area contributed by atoms with Gasteiger partial charge in [-0.05, 0) is 43.3 Å². The third-order valence-corrected chi connectivity index (χ3v) is 5.25. The topological polar surface area (TPSA) is 32.8 Å². The van der Waals surface area contributed by atoms with Gasteiger partial charge in [-0.1, -0.05) is 18.2 Å². The van der Waals surface area contributed by atoms with Crippen LogP contribution in [-0.2, 0) is 4.79 Å². The van der Waals surface area contributed by atoms with E-state index in [1.807, 2.05) is 42.2 Å². The molecule has 0 aliphatic carbocycles. The van der Waals surface area contributed by atoms with Crippen LogP contribution >= 0.6 is 11.8 Å². The summed E-state index contributed by atoms with van der Waals surface area (Å²) in [6, 6.07) is 18.3. The third kappa shape index (κ3) is 4.92. The van der Waals surface area contributed by atoms with Crippen molar-refractivity contribution < 1.29 is 9.53 Å². The van der Waals surface area contributed by atoms with Crippen molar-refractivity contribution in [2.24, 2.45) is 0 Å². The molecular weight excluding hydrogens is 332 g/mol. The van der Waals surface area contributed by atoms with Crippen molar-refractivity contribution in [3.8, 4) is 5.75 Å². The van der Waals surface area contributed by atoms with Crippen LogP contribution in [0.4, 0.5) is 5.69 Å². The second-order valence-corrected chi connectivity index (χ2v) is 6.95. The first kappa shape index (κ1) is 17.7. The Labute approximate surface area is 153 Å². The maximum atomic E-state index is 12.4. The molecule has 1 saturated heterocycles. The molecule has 1 aliphatic heterocycles. The van der Waals surface area contributed by atoms with Gasteiger partial charge in [0.25, 0.3) is 0 Å². The van der Waals surface area contributed by atoms with E-state index >= 15 is 0 Å². The highest BCUT2D eigenvalue weighted by atomic mass is 32.2. The summed E-state index contributed by atoms with van der Waals surface area (Å²) >= 11 is 1.59. The van der Waals surface area contributed by atoms with Crippen molar-refractivity contribution in [3.05, 3.63) is 54.6 Å². The standard InChI is InChI=1S/C20H24N2O2S/c1-2-24-18-8-10-19(11-9-18)25-16-20(23)22-14-12-21(13-15-22)17-6-4-3-5-7-17/h3-11H,2,12-16H2,1H3. The van der Waals surface area contributed by atoms with E-state index in [1.165, 1.54) is 5.69 Å². The maximum Gasteiger partial charge on any atom is 0.233 e. The Balaban J connectivity index is 1.45.